The molecule has 0 bridgehead atoms. The fourth-order valence-electron chi connectivity index (χ4n) is 3.23. The number of carbonyl (C=O) groups excluding carboxylic acids is 1. The number of cyclic esters (lactones) is 1. The molecule has 0 N–H and O–H groups in total. The zero-order valence-electron chi connectivity index (χ0n) is 10.4. The summed E-state index contributed by atoms with van der Waals surface area (Å²) in [6.07, 6.45) is 7.14. The Morgan fingerprint density at radius 1 is 1.17 bits per heavy atom. The molecule has 0 aromatic rings. The van der Waals surface area contributed by atoms with Crippen LogP contribution in [0.25, 0.3) is 0 Å². The van der Waals surface area contributed by atoms with Crippen LogP contribution >= 0.6 is 10.7 Å². The molecule has 0 aromatic heterocycles. The maximum Gasteiger partial charge on any atom is 0.306 e. The number of ether oxygens (including phenoxy) is 1. The second kappa shape index (κ2) is 5.37. The quantitative estimate of drug-likeness (QED) is 0.580. The lowest BCUT2D eigenvalue weighted by Crippen LogP contribution is -2.36. The highest BCUT2D eigenvalue weighted by molar-refractivity contribution is 8.13. The van der Waals surface area contributed by atoms with Crippen LogP contribution in [0, 0.1) is 5.41 Å². The minimum absolute atomic E-state index is 0.250. The van der Waals surface area contributed by atoms with Crippen molar-refractivity contribution in [3.8, 4) is 0 Å². The Kier molecular flexibility index (Phi) is 4.22. The molecule has 0 amide bonds. The van der Waals surface area contributed by atoms with Gasteiger partial charge in [-0.1, -0.05) is 32.1 Å². The van der Waals surface area contributed by atoms with Gasteiger partial charge < -0.3 is 4.74 Å². The highest BCUT2D eigenvalue weighted by atomic mass is 35.7. The number of hydrogen-bond donors (Lipinski definition) is 0. The molecule has 2 aliphatic rings. The van der Waals surface area contributed by atoms with E-state index in [9.17, 15) is 13.2 Å². The van der Waals surface area contributed by atoms with Crippen molar-refractivity contribution in [2.24, 2.45) is 5.41 Å². The smallest absolute Gasteiger partial charge is 0.306 e. The molecular formula is C12H19ClO4S. The Morgan fingerprint density at radius 2 is 1.72 bits per heavy atom. The Morgan fingerprint density at radius 3 is 2.28 bits per heavy atom. The molecular weight excluding hydrogens is 276 g/mol. The van der Waals surface area contributed by atoms with E-state index in [1.54, 1.807) is 0 Å². The van der Waals surface area contributed by atoms with E-state index >= 15 is 0 Å². The summed E-state index contributed by atoms with van der Waals surface area (Å²) in [6.45, 7) is 0. The number of halogens is 1. The second-order valence-corrected chi connectivity index (χ2v) is 8.31. The molecule has 6 heteroatoms. The predicted molar refractivity (Wildman–Crippen MR) is 68.9 cm³/mol. The summed E-state index contributed by atoms with van der Waals surface area (Å²) in [4.78, 5) is 11.6. The van der Waals surface area contributed by atoms with Crippen molar-refractivity contribution in [3.05, 3.63) is 0 Å². The lowest BCUT2D eigenvalue weighted by molar-refractivity contribution is -0.141. The molecule has 1 saturated heterocycles. The minimum atomic E-state index is -3.63. The van der Waals surface area contributed by atoms with Crippen molar-refractivity contribution < 1.29 is 17.9 Å². The second-order valence-electron chi connectivity index (χ2n) is 5.49. The third-order valence-corrected chi connectivity index (χ3v) is 5.23. The highest BCUT2D eigenvalue weighted by Crippen LogP contribution is 2.46. The Bertz CT molecular complexity index is 410. The number of carbonyl (C=O) groups is 1. The molecule has 1 heterocycles. The number of esters is 1. The van der Waals surface area contributed by atoms with Gasteiger partial charge in [0.2, 0.25) is 9.05 Å². The van der Waals surface area contributed by atoms with E-state index in [1.807, 2.05) is 0 Å². The molecule has 2 rings (SSSR count). The Balaban J connectivity index is 2.17. The van der Waals surface area contributed by atoms with Crippen LogP contribution in [0.5, 0.6) is 0 Å². The number of hydrogen-bond acceptors (Lipinski definition) is 4. The Labute approximate surface area is 112 Å². The summed E-state index contributed by atoms with van der Waals surface area (Å²) in [7, 11) is 1.68. The van der Waals surface area contributed by atoms with Gasteiger partial charge in [-0.15, -0.1) is 0 Å². The van der Waals surface area contributed by atoms with E-state index in [4.69, 9.17) is 15.4 Å². The van der Waals surface area contributed by atoms with E-state index in [0.717, 1.165) is 38.5 Å². The van der Waals surface area contributed by atoms with E-state index in [1.165, 1.54) is 6.42 Å². The highest BCUT2D eigenvalue weighted by Gasteiger charge is 2.49. The van der Waals surface area contributed by atoms with E-state index in [-0.39, 0.29) is 17.1 Å². The first-order valence-electron chi connectivity index (χ1n) is 6.53. The average Bonchev–Trinajstić information content (AvgIpc) is 2.47. The summed E-state index contributed by atoms with van der Waals surface area (Å²) in [6, 6.07) is 0. The van der Waals surface area contributed by atoms with Gasteiger partial charge in [-0.2, -0.15) is 0 Å². The molecule has 0 radical (unpaired) electrons. The zero-order valence-corrected chi connectivity index (χ0v) is 11.9. The van der Waals surface area contributed by atoms with E-state index < -0.39 is 15.2 Å². The van der Waals surface area contributed by atoms with Crippen LogP contribution in [-0.4, -0.2) is 26.2 Å². The fraction of sp³-hybridized carbons (Fsp3) is 0.917. The summed E-state index contributed by atoms with van der Waals surface area (Å²) in [5.41, 5.74) is -0.292. The molecule has 1 atom stereocenters. The van der Waals surface area contributed by atoms with E-state index in [0.29, 0.717) is 6.42 Å². The normalized spacial score (nSPS) is 28.7. The maximum absolute atomic E-state index is 11.6. The summed E-state index contributed by atoms with van der Waals surface area (Å²) >= 11 is 0. The molecule has 18 heavy (non-hydrogen) atoms. The van der Waals surface area contributed by atoms with Crippen LogP contribution in [0.1, 0.15) is 51.4 Å². The van der Waals surface area contributed by atoms with Gasteiger partial charge >= 0.3 is 5.97 Å². The first-order chi connectivity index (χ1) is 8.41. The fourth-order valence-corrected chi connectivity index (χ4v) is 4.35. The molecule has 1 aliphatic carbocycles. The van der Waals surface area contributed by atoms with Gasteiger partial charge in [0, 0.05) is 16.1 Å². The van der Waals surface area contributed by atoms with E-state index in [2.05, 4.69) is 0 Å². The molecule has 1 saturated carbocycles. The van der Waals surface area contributed by atoms with Crippen molar-refractivity contribution in [3.63, 3.8) is 0 Å². The van der Waals surface area contributed by atoms with Crippen molar-refractivity contribution in [2.75, 3.05) is 5.75 Å². The molecule has 0 aromatic carbocycles. The topological polar surface area (TPSA) is 60.4 Å². The summed E-state index contributed by atoms with van der Waals surface area (Å²) < 4.78 is 27.7. The Hall–Kier alpha value is -0.290. The monoisotopic (exact) mass is 294 g/mol. The lowest BCUT2D eigenvalue weighted by Gasteiger charge is -2.33. The summed E-state index contributed by atoms with van der Waals surface area (Å²) in [5, 5.41) is 0. The van der Waals surface area contributed by atoms with Gasteiger partial charge in [-0.05, 0) is 12.8 Å². The van der Waals surface area contributed by atoms with Gasteiger partial charge in [0.15, 0.2) is 0 Å². The molecule has 104 valence electrons. The van der Waals surface area contributed by atoms with Crippen molar-refractivity contribution in [1.82, 2.24) is 0 Å². The predicted octanol–water partition coefficient (Wildman–Crippen LogP) is 2.60. The van der Waals surface area contributed by atoms with Crippen LogP contribution in [0.2, 0.25) is 0 Å². The van der Waals surface area contributed by atoms with Crippen LogP contribution in [-0.2, 0) is 18.6 Å². The average molecular weight is 295 g/mol. The first-order valence-corrected chi connectivity index (χ1v) is 9.01. The largest absolute Gasteiger partial charge is 0.461 e. The molecule has 4 nitrogen and oxygen atoms in total. The van der Waals surface area contributed by atoms with Gasteiger partial charge in [-0.25, -0.2) is 8.42 Å². The third-order valence-electron chi connectivity index (χ3n) is 4.15. The van der Waals surface area contributed by atoms with Crippen LogP contribution in [0.15, 0.2) is 0 Å². The summed E-state index contributed by atoms with van der Waals surface area (Å²) in [5.74, 6) is -0.527. The SMILES string of the molecule is O=C1CC2(CCCCCCC2)C(CS(=O)(=O)Cl)O1. The van der Waals surface area contributed by atoms with Crippen molar-refractivity contribution in [1.29, 1.82) is 0 Å². The molecule has 1 unspecified atom stereocenters. The third kappa shape index (κ3) is 3.38. The maximum atomic E-state index is 11.6. The van der Waals surface area contributed by atoms with Crippen LogP contribution < -0.4 is 0 Å². The van der Waals surface area contributed by atoms with Crippen molar-refractivity contribution in [2.45, 2.75) is 57.5 Å². The number of rotatable bonds is 2. The van der Waals surface area contributed by atoms with Crippen LogP contribution in [0.4, 0.5) is 0 Å². The molecule has 2 fully saturated rings. The zero-order chi connectivity index (χ0) is 13.2. The van der Waals surface area contributed by atoms with Crippen LogP contribution in [0.3, 0.4) is 0 Å². The van der Waals surface area contributed by atoms with Crippen molar-refractivity contribution >= 4 is 25.7 Å². The first kappa shape index (κ1) is 14.1. The molecule has 1 spiro atoms. The standard InChI is InChI=1S/C12H19ClO4S/c13-18(15,16)9-10-12(8-11(14)17-10)6-4-2-1-3-5-7-12/h10H,1-9H2. The lowest BCUT2D eigenvalue weighted by atomic mass is 9.72. The van der Waals surface area contributed by atoms with Gasteiger partial charge in [-0.3, -0.25) is 4.79 Å². The minimum Gasteiger partial charge on any atom is -0.461 e. The van der Waals surface area contributed by atoms with Gasteiger partial charge in [0.05, 0.1) is 6.42 Å². The van der Waals surface area contributed by atoms with Gasteiger partial charge in [0.1, 0.15) is 11.9 Å². The molecule has 1 aliphatic heterocycles. The van der Waals surface area contributed by atoms with Gasteiger partial charge in [0.25, 0.3) is 0 Å².